The fraction of sp³-hybridized carbons (Fsp3) is 0.900. The third kappa shape index (κ3) is 11.8. The molecule has 0 unspecified atom stereocenters. The Morgan fingerprint density at radius 1 is 0.821 bits per heavy atom. The zero-order valence-electron chi connectivity index (χ0n) is 17.9. The summed E-state index contributed by atoms with van der Waals surface area (Å²) in [5, 5.41) is 16.7. The van der Waals surface area contributed by atoms with Gasteiger partial charge < -0.3 is 26.4 Å². The molecule has 8 heteroatoms. The molecular weight excluding hydrogens is 384 g/mol. The van der Waals surface area contributed by atoms with E-state index in [2.05, 4.69) is 0 Å². The highest BCUT2D eigenvalue weighted by Gasteiger charge is 2.37. The summed E-state index contributed by atoms with van der Waals surface area (Å²) in [5.41, 5.74) is 9.98. The molecule has 2 rings (SSSR count). The summed E-state index contributed by atoms with van der Waals surface area (Å²) in [5.74, 6) is -1.06. The Balaban J connectivity index is 0. The normalized spacial score (nSPS) is 19.9. The van der Waals surface area contributed by atoms with Gasteiger partial charge in [-0.2, -0.15) is 0 Å². The highest BCUT2D eigenvalue weighted by molar-refractivity contribution is 5.85. The Bertz CT molecular complexity index is 443. The first-order chi connectivity index (χ1) is 12.4. The van der Waals surface area contributed by atoms with Gasteiger partial charge in [0.05, 0.1) is 6.10 Å². The van der Waals surface area contributed by atoms with Crippen molar-refractivity contribution in [2.24, 2.45) is 11.5 Å². The zero-order valence-corrected chi connectivity index (χ0v) is 18.7. The Kier molecular flexibility index (Phi) is 14.8. The number of hydrogen-bond donors (Lipinski definition) is 4. The van der Waals surface area contributed by atoms with Gasteiger partial charge in [-0.3, -0.25) is 9.59 Å². The van der Waals surface area contributed by atoms with E-state index in [9.17, 15) is 9.59 Å². The molecule has 0 radical (unpaired) electrons. The summed E-state index contributed by atoms with van der Waals surface area (Å²) in [7, 11) is 0. The number of aliphatic hydroxyl groups excluding tert-OH is 1. The van der Waals surface area contributed by atoms with E-state index in [1.54, 1.807) is 13.8 Å². The molecule has 0 heterocycles. The maximum Gasteiger partial charge on any atom is 0.326 e. The molecule has 0 aromatic heterocycles. The molecule has 0 atom stereocenters. The van der Waals surface area contributed by atoms with Gasteiger partial charge in [0.1, 0.15) is 11.1 Å². The summed E-state index contributed by atoms with van der Waals surface area (Å²) >= 11 is 0. The molecule has 2 saturated carbocycles. The van der Waals surface area contributed by atoms with Gasteiger partial charge in [0.2, 0.25) is 0 Å². The van der Waals surface area contributed by atoms with Crippen LogP contribution in [0.1, 0.15) is 91.9 Å². The van der Waals surface area contributed by atoms with Crippen molar-refractivity contribution in [2.45, 2.75) is 115 Å². The number of carbonyl (C=O) groups excluding carboxylic acids is 1. The number of aliphatic carboxylic acids is 1. The van der Waals surface area contributed by atoms with Gasteiger partial charge in [0.25, 0.3) is 0 Å². The molecule has 0 bridgehead atoms. The molecule has 0 aromatic rings. The van der Waals surface area contributed by atoms with Crippen molar-refractivity contribution in [3.8, 4) is 0 Å². The van der Waals surface area contributed by atoms with Gasteiger partial charge in [-0.15, -0.1) is 12.4 Å². The number of aliphatic hydroxyl groups is 1. The second-order valence-corrected chi connectivity index (χ2v) is 8.29. The van der Waals surface area contributed by atoms with E-state index in [1.165, 1.54) is 6.42 Å². The van der Waals surface area contributed by atoms with Crippen molar-refractivity contribution in [1.29, 1.82) is 0 Å². The molecule has 2 aliphatic carbocycles. The van der Waals surface area contributed by atoms with Gasteiger partial charge in [-0.25, -0.2) is 0 Å². The molecule has 0 spiro atoms. The van der Waals surface area contributed by atoms with Crippen molar-refractivity contribution in [2.75, 3.05) is 0 Å². The van der Waals surface area contributed by atoms with E-state index in [0.29, 0.717) is 12.8 Å². The van der Waals surface area contributed by atoms with Gasteiger partial charge in [-0.05, 0) is 53.4 Å². The number of rotatable bonds is 3. The van der Waals surface area contributed by atoms with Crippen LogP contribution in [-0.2, 0) is 14.3 Å². The molecular formula is C20H41ClN2O5. The standard InChI is InChI=1S/C10H19NO2.C7H13NO2.C3H8O.ClH/c1-8(2)13-9(12)10(11)6-4-3-5-7-10;8-7(6(9)10)4-2-1-3-5-7;1-3(2)4;/h8H,3-7,11H2,1-2H3;1-5,8H2,(H,9,10);3-4H,1-2H3;1H. The van der Waals surface area contributed by atoms with Crippen LogP contribution in [0.5, 0.6) is 0 Å². The predicted octanol–water partition coefficient (Wildman–Crippen LogP) is 3.14. The Morgan fingerprint density at radius 2 is 1.14 bits per heavy atom. The minimum Gasteiger partial charge on any atom is -0.480 e. The number of nitrogens with two attached hydrogens (primary N) is 2. The monoisotopic (exact) mass is 424 g/mol. The maximum absolute atomic E-state index is 11.6. The Labute approximate surface area is 176 Å². The number of halogens is 1. The van der Waals surface area contributed by atoms with Crippen LogP contribution in [0.4, 0.5) is 0 Å². The van der Waals surface area contributed by atoms with Crippen molar-refractivity contribution in [3.05, 3.63) is 0 Å². The number of carbonyl (C=O) groups is 2. The third-order valence-electron chi connectivity index (χ3n) is 4.67. The van der Waals surface area contributed by atoms with E-state index in [-0.39, 0.29) is 30.6 Å². The first-order valence-electron chi connectivity index (χ1n) is 10.1. The molecule has 2 fully saturated rings. The average molecular weight is 425 g/mol. The molecule has 6 N–H and O–H groups in total. The summed E-state index contributed by atoms with van der Waals surface area (Å²) in [4.78, 5) is 22.1. The first kappa shape index (κ1) is 29.3. The van der Waals surface area contributed by atoms with Crippen LogP contribution in [0.15, 0.2) is 0 Å². The summed E-state index contributed by atoms with van der Waals surface area (Å²) in [6.07, 6.45) is 8.94. The summed E-state index contributed by atoms with van der Waals surface area (Å²) in [6.45, 7) is 7.15. The van der Waals surface area contributed by atoms with Gasteiger partial charge in [0, 0.05) is 6.10 Å². The predicted molar refractivity (Wildman–Crippen MR) is 113 cm³/mol. The molecule has 168 valence electrons. The number of carboxylic acids is 1. The largest absolute Gasteiger partial charge is 0.480 e. The van der Waals surface area contributed by atoms with Crippen molar-refractivity contribution in [1.82, 2.24) is 0 Å². The molecule has 2 aliphatic rings. The van der Waals surface area contributed by atoms with Crippen LogP contribution in [0, 0.1) is 0 Å². The second-order valence-electron chi connectivity index (χ2n) is 8.29. The first-order valence-corrected chi connectivity index (χ1v) is 10.1. The molecule has 28 heavy (non-hydrogen) atoms. The summed E-state index contributed by atoms with van der Waals surface area (Å²) in [6, 6.07) is 0. The minimum absolute atomic E-state index is 0. The van der Waals surface area contributed by atoms with Crippen LogP contribution in [0.3, 0.4) is 0 Å². The summed E-state index contributed by atoms with van der Waals surface area (Å²) < 4.78 is 5.13. The zero-order chi connectivity index (χ0) is 21.1. The topological polar surface area (TPSA) is 136 Å². The molecule has 7 nitrogen and oxygen atoms in total. The Morgan fingerprint density at radius 3 is 1.39 bits per heavy atom. The number of ether oxygens (including phenoxy) is 1. The van der Waals surface area contributed by atoms with Gasteiger partial charge in [0.15, 0.2) is 0 Å². The lowest BCUT2D eigenvalue weighted by molar-refractivity contribution is -0.155. The van der Waals surface area contributed by atoms with Gasteiger partial charge >= 0.3 is 11.9 Å². The van der Waals surface area contributed by atoms with Crippen LogP contribution in [0.25, 0.3) is 0 Å². The SMILES string of the molecule is CC(C)O.CC(C)OC(=O)C1(N)CCCCC1.Cl.NC1(C(=O)O)CCCCC1. The minimum atomic E-state index is -0.905. The maximum atomic E-state index is 11.6. The highest BCUT2D eigenvalue weighted by atomic mass is 35.5. The molecule has 0 aliphatic heterocycles. The van der Waals surface area contributed by atoms with Crippen molar-refractivity contribution >= 4 is 24.3 Å². The molecule has 0 saturated heterocycles. The third-order valence-corrected chi connectivity index (χ3v) is 4.67. The lowest BCUT2D eigenvalue weighted by Gasteiger charge is -2.31. The lowest BCUT2D eigenvalue weighted by Crippen LogP contribution is -2.50. The molecule has 0 aromatic carbocycles. The average Bonchev–Trinajstić information content (AvgIpc) is 2.55. The number of hydrogen-bond acceptors (Lipinski definition) is 6. The van der Waals surface area contributed by atoms with Crippen LogP contribution in [-0.4, -0.2) is 45.4 Å². The number of carboxylic acid groups (broad SMARTS) is 1. The molecule has 0 amide bonds. The fourth-order valence-corrected chi connectivity index (χ4v) is 3.11. The van der Waals surface area contributed by atoms with Gasteiger partial charge in [-0.1, -0.05) is 38.5 Å². The second kappa shape index (κ2) is 14.1. The quantitative estimate of drug-likeness (QED) is 0.510. The van der Waals surface area contributed by atoms with Crippen molar-refractivity contribution < 1.29 is 24.5 Å². The van der Waals surface area contributed by atoms with E-state index in [0.717, 1.165) is 44.9 Å². The Hall–Kier alpha value is -0.890. The smallest absolute Gasteiger partial charge is 0.326 e. The van der Waals surface area contributed by atoms with Crippen LogP contribution < -0.4 is 11.5 Å². The lowest BCUT2D eigenvalue weighted by atomic mass is 9.83. The van der Waals surface area contributed by atoms with Crippen LogP contribution in [0.2, 0.25) is 0 Å². The van der Waals surface area contributed by atoms with Crippen molar-refractivity contribution in [3.63, 3.8) is 0 Å². The van der Waals surface area contributed by atoms with E-state index < -0.39 is 17.0 Å². The van der Waals surface area contributed by atoms with E-state index in [1.807, 2.05) is 13.8 Å². The fourth-order valence-electron chi connectivity index (χ4n) is 3.11. The number of esters is 1. The van der Waals surface area contributed by atoms with E-state index >= 15 is 0 Å². The highest BCUT2D eigenvalue weighted by Crippen LogP contribution is 2.27. The van der Waals surface area contributed by atoms with E-state index in [4.69, 9.17) is 26.4 Å². The van der Waals surface area contributed by atoms with Crippen LogP contribution >= 0.6 is 12.4 Å².